The number of hydrogen-bond acceptors (Lipinski definition) is 3. The van der Waals surface area contributed by atoms with Crippen molar-refractivity contribution in [2.45, 2.75) is 12.4 Å². The van der Waals surface area contributed by atoms with E-state index in [2.05, 4.69) is 15.9 Å². The first-order chi connectivity index (χ1) is 16.7. The molecule has 0 aliphatic rings. The van der Waals surface area contributed by atoms with Gasteiger partial charge in [-0.15, -0.1) is 0 Å². The second kappa shape index (κ2) is 10.4. The van der Waals surface area contributed by atoms with E-state index in [1.165, 1.54) is 24.3 Å². The average molecular weight is 574 g/mol. The number of carboxylic acid groups (broad SMARTS) is 1. The van der Waals surface area contributed by atoms with Gasteiger partial charge in [-0.1, -0.05) is 24.3 Å². The number of aliphatic carboxylic acids is 1. The van der Waals surface area contributed by atoms with E-state index in [0.29, 0.717) is 16.0 Å². The van der Waals surface area contributed by atoms with Gasteiger partial charge in [-0.05, 0) is 70.0 Å². The van der Waals surface area contributed by atoms with E-state index in [1.54, 1.807) is 24.3 Å². The molecule has 3 aromatic rings. The molecule has 3 aromatic carbocycles. The number of carboxylic acids is 1. The highest BCUT2D eigenvalue weighted by atomic mass is 79.9. The fourth-order valence-corrected chi connectivity index (χ4v) is 3.25. The monoisotopic (exact) mass is 573 g/mol. The molecule has 0 spiro atoms. The number of nitrogens with one attached hydrogen (secondary N) is 1. The Morgan fingerprint density at radius 1 is 0.861 bits per heavy atom. The zero-order valence-electron chi connectivity index (χ0n) is 17.7. The van der Waals surface area contributed by atoms with Crippen molar-refractivity contribution in [2.75, 3.05) is 0 Å². The molecule has 0 aliphatic heterocycles. The summed E-state index contributed by atoms with van der Waals surface area (Å²) in [6.07, 6.45) is -9.34. The van der Waals surface area contributed by atoms with E-state index in [-0.39, 0.29) is 23.8 Å². The third kappa shape index (κ3) is 6.87. The smallest absolute Gasteiger partial charge is 0.416 e. The standard InChI is InChI=1S/C24H14BrF6NO4/c25-18-3-1-2-4-20(18)36-17-7-5-13(6-8-17)9-19(22(34)35)32-21(33)14-10-15(23(26,27)28)12-16(11-14)24(29,30)31/h1-12H,(H,32,33)(H,34,35)/b19-9-. The summed E-state index contributed by atoms with van der Waals surface area (Å²) in [6, 6.07) is 13.1. The Kier molecular flexibility index (Phi) is 7.77. The molecule has 0 aromatic heterocycles. The summed E-state index contributed by atoms with van der Waals surface area (Å²) in [5, 5.41) is 11.3. The number of ether oxygens (including phenoxy) is 1. The Bertz CT molecular complexity index is 1290. The summed E-state index contributed by atoms with van der Waals surface area (Å²) in [5.74, 6) is -2.23. The molecule has 2 N–H and O–H groups in total. The normalized spacial score (nSPS) is 12.2. The lowest BCUT2D eigenvalue weighted by Gasteiger charge is -2.14. The molecule has 0 unspecified atom stereocenters. The zero-order valence-corrected chi connectivity index (χ0v) is 19.3. The number of para-hydroxylation sites is 1. The predicted octanol–water partition coefficient (Wildman–Crippen LogP) is 7.13. The molecule has 188 valence electrons. The topological polar surface area (TPSA) is 75.6 Å². The Hall–Kier alpha value is -3.80. The van der Waals surface area contributed by atoms with Crippen LogP contribution in [0.5, 0.6) is 11.5 Å². The van der Waals surface area contributed by atoms with Gasteiger partial charge in [0.1, 0.15) is 17.2 Å². The maximum atomic E-state index is 13.1. The Labute approximate surface area is 208 Å². The molecule has 0 atom stereocenters. The van der Waals surface area contributed by atoms with Crippen molar-refractivity contribution >= 4 is 33.9 Å². The summed E-state index contributed by atoms with van der Waals surface area (Å²) >= 11 is 3.32. The van der Waals surface area contributed by atoms with Crippen LogP contribution in [0.25, 0.3) is 6.08 Å². The molecule has 0 saturated heterocycles. The van der Waals surface area contributed by atoms with Crippen LogP contribution in [0.3, 0.4) is 0 Å². The molecule has 1 amide bonds. The number of hydrogen-bond donors (Lipinski definition) is 2. The molecule has 36 heavy (non-hydrogen) atoms. The van der Waals surface area contributed by atoms with E-state index < -0.39 is 46.6 Å². The number of halogens is 7. The number of carbonyl (C=O) groups excluding carboxylic acids is 1. The van der Waals surface area contributed by atoms with E-state index in [1.807, 2.05) is 5.32 Å². The number of carbonyl (C=O) groups is 2. The van der Waals surface area contributed by atoms with Gasteiger partial charge in [-0.2, -0.15) is 26.3 Å². The summed E-state index contributed by atoms with van der Waals surface area (Å²) in [4.78, 5) is 24.0. The SMILES string of the molecule is O=C(O)/C(=C/c1ccc(Oc2ccccc2Br)cc1)NC(=O)c1cc(C(F)(F)F)cc(C(F)(F)F)c1. The molecule has 12 heteroatoms. The van der Waals surface area contributed by atoms with E-state index in [9.17, 15) is 41.0 Å². The zero-order chi connectivity index (χ0) is 26.7. The highest BCUT2D eigenvalue weighted by Crippen LogP contribution is 2.36. The summed E-state index contributed by atoms with van der Waals surface area (Å²) in [6.45, 7) is 0. The van der Waals surface area contributed by atoms with Crippen molar-refractivity contribution in [3.05, 3.63) is 99.2 Å². The van der Waals surface area contributed by atoms with Crippen LogP contribution < -0.4 is 10.1 Å². The van der Waals surface area contributed by atoms with E-state index in [4.69, 9.17) is 4.74 Å². The van der Waals surface area contributed by atoms with Crippen LogP contribution in [0.15, 0.2) is 76.9 Å². The maximum Gasteiger partial charge on any atom is 0.416 e. The van der Waals surface area contributed by atoms with Crippen molar-refractivity contribution < 1.29 is 45.8 Å². The molecular weight excluding hydrogens is 560 g/mol. The predicted molar refractivity (Wildman–Crippen MR) is 120 cm³/mol. The number of amides is 1. The average Bonchev–Trinajstić information content (AvgIpc) is 2.79. The van der Waals surface area contributed by atoms with Gasteiger partial charge in [0.25, 0.3) is 5.91 Å². The summed E-state index contributed by atoms with van der Waals surface area (Å²) in [5.41, 5.74) is -4.94. The molecular formula is C24H14BrF6NO4. The third-order valence-corrected chi connectivity index (χ3v) is 5.24. The Balaban J connectivity index is 1.86. The van der Waals surface area contributed by atoms with E-state index in [0.717, 1.165) is 6.08 Å². The molecule has 0 radical (unpaired) electrons. The fraction of sp³-hybridized carbons (Fsp3) is 0.0833. The van der Waals surface area contributed by atoms with Crippen LogP contribution >= 0.6 is 15.9 Å². The van der Waals surface area contributed by atoms with Crippen molar-refractivity contribution in [1.82, 2.24) is 5.32 Å². The van der Waals surface area contributed by atoms with Crippen molar-refractivity contribution in [3.63, 3.8) is 0 Å². The minimum Gasteiger partial charge on any atom is -0.477 e. The third-order valence-electron chi connectivity index (χ3n) is 4.58. The van der Waals surface area contributed by atoms with Crippen LogP contribution in [0.2, 0.25) is 0 Å². The van der Waals surface area contributed by atoms with Crippen molar-refractivity contribution in [1.29, 1.82) is 0 Å². The highest BCUT2D eigenvalue weighted by Gasteiger charge is 2.37. The molecule has 5 nitrogen and oxygen atoms in total. The quantitative estimate of drug-likeness (QED) is 0.243. The van der Waals surface area contributed by atoms with Crippen molar-refractivity contribution in [3.8, 4) is 11.5 Å². The lowest BCUT2D eigenvalue weighted by molar-refractivity contribution is -0.143. The first-order valence-electron chi connectivity index (χ1n) is 9.82. The molecule has 0 heterocycles. The maximum absolute atomic E-state index is 13.1. The molecule has 3 rings (SSSR count). The summed E-state index contributed by atoms with van der Waals surface area (Å²) in [7, 11) is 0. The van der Waals surface area contributed by atoms with Crippen LogP contribution in [0, 0.1) is 0 Å². The fourth-order valence-electron chi connectivity index (χ4n) is 2.89. The minimum atomic E-state index is -5.17. The van der Waals surface area contributed by atoms with Gasteiger partial charge in [0.15, 0.2) is 0 Å². The van der Waals surface area contributed by atoms with Gasteiger partial charge >= 0.3 is 18.3 Å². The van der Waals surface area contributed by atoms with Gasteiger partial charge in [-0.3, -0.25) is 4.79 Å². The number of benzene rings is 3. The first kappa shape index (κ1) is 26.8. The van der Waals surface area contributed by atoms with Crippen molar-refractivity contribution in [2.24, 2.45) is 0 Å². The van der Waals surface area contributed by atoms with Crippen LogP contribution in [0.4, 0.5) is 26.3 Å². The van der Waals surface area contributed by atoms with Crippen LogP contribution in [-0.2, 0) is 17.1 Å². The van der Waals surface area contributed by atoms with Gasteiger partial charge in [-0.25, -0.2) is 4.79 Å². The minimum absolute atomic E-state index is 0.137. The lowest BCUT2D eigenvalue weighted by atomic mass is 10.0. The van der Waals surface area contributed by atoms with Crippen LogP contribution in [0.1, 0.15) is 27.0 Å². The molecule has 0 saturated carbocycles. The number of alkyl halides is 6. The molecule has 0 fully saturated rings. The van der Waals surface area contributed by atoms with E-state index >= 15 is 0 Å². The lowest BCUT2D eigenvalue weighted by Crippen LogP contribution is -2.28. The highest BCUT2D eigenvalue weighted by molar-refractivity contribution is 9.10. The van der Waals surface area contributed by atoms with Gasteiger partial charge < -0.3 is 15.2 Å². The van der Waals surface area contributed by atoms with Gasteiger partial charge in [0, 0.05) is 5.56 Å². The number of rotatable bonds is 6. The Morgan fingerprint density at radius 2 is 1.42 bits per heavy atom. The second-order valence-electron chi connectivity index (χ2n) is 7.21. The summed E-state index contributed by atoms with van der Waals surface area (Å²) < 4.78 is 84.7. The van der Waals surface area contributed by atoms with Crippen LogP contribution in [-0.4, -0.2) is 17.0 Å². The Morgan fingerprint density at radius 3 is 1.92 bits per heavy atom. The first-order valence-corrected chi connectivity index (χ1v) is 10.6. The second-order valence-corrected chi connectivity index (χ2v) is 8.07. The largest absolute Gasteiger partial charge is 0.477 e. The molecule has 0 aliphatic carbocycles. The van der Waals surface area contributed by atoms with Gasteiger partial charge in [0.05, 0.1) is 15.6 Å². The van der Waals surface area contributed by atoms with Gasteiger partial charge in [0.2, 0.25) is 0 Å². The molecule has 0 bridgehead atoms.